The zero-order chi connectivity index (χ0) is 20.2. The van der Waals surface area contributed by atoms with E-state index in [2.05, 4.69) is 22.1 Å². The van der Waals surface area contributed by atoms with Crippen molar-refractivity contribution in [2.75, 3.05) is 38.0 Å². The number of aromatic nitrogens is 1. The average molecular weight is 390 g/mol. The van der Waals surface area contributed by atoms with Crippen LogP contribution in [0.3, 0.4) is 0 Å². The van der Waals surface area contributed by atoms with Gasteiger partial charge in [-0.1, -0.05) is 43.3 Å². The number of aromatic amines is 1. The fourth-order valence-electron chi connectivity index (χ4n) is 3.81. The summed E-state index contributed by atoms with van der Waals surface area (Å²) in [5, 5.41) is 4.06. The highest BCUT2D eigenvalue weighted by molar-refractivity contribution is 5.98. The Morgan fingerprint density at radius 2 is 1.72 bits per heavy atom. The molecular formula is C23H26N4O2. The molecule has 1 aromatic heterocycles. The first kappa shape index (κ1) is 19.2. The topological polar surface area (TPSA) is 68.4 Å². The van der Waals surface area contributed by atoms with Crippen LogP contribution < -0.4 is 5.32 Å². The van der Waals surface area contributed by atoms with Gasteiger partial charge in [-0.05, 0) is 30.2 Å². The minimum absolute atomic E-state index is 0.0127. The molecule has 0 radical (unpaired) electrons. The number of rotatable bonds is 5. The molecule has 2 aromatic carbocycles. The Hall–Kier alpha value is -3.12. The Morgan fingerprint density at radius 3 is 2.48 bits per heavy atom. The van der Waals surface area contributed by atoms with Crippen molar-refractivity contribution in [1.82, 2.24) is 14.8 Å². The van der Waals surface area contributed by atoms with Gasteiger partial charge < -0.3 is 15.2 Å². The molecule has 3 aromatic rings. The smallest absolute Gasteiger partial charge is 0.270 e. The summed E-state index contributed by atoms with van der Waals surface area (Å²) in [7, 11) is 0. The molecule has 1 aliphatic heterocycles. The molecule has 2 amide bonds. The first-order valence-corrected chi connectivity index (χ1v) is 10.1. The van der Waals surface area contributed by atoms with Crippen molar-refractivity contribution in [3.8, 4) is 0 Å². The lowest BCUT2D eigenvalue weighted by Crippen LogP contribution is -2.50. The molecule has 0 spiro atoms. The van der Waals surface area contributed by atoms with Crippen LogP contribution in [0.2, 0.25) is 0 Å². The number of hydrogen-bond acceptors (Lipinski definition) is 3. The number of para-hydroxylation sites is 2. The van der Waals surface area contributed by atoms with Crippen molar-refractivity contribution in [1.29, 1.82) is 0 Å². The highest BCUT2D eigenvalue weighted by Crippen LogP contribution is 2.18. The largest absolute Gasteiger partial charge is 0.351 e. The summed E-state index contributed by atoms with van der Waals surface area (Å²) < 4.78 is 0. The number of nitrogens with zero attached hydrogens (tertiary/aromatic N) is 2. The number of carbonyl (C=O) groups is 2. The molecule has 1 aliphatic rings. The van der Waals surface area contributed by atoms with Gasteiger partial charge in [-0.15, -0.1) is 0 Å². The SMILES string of the molecule is CCc1ccccc1NC(=O)CN1CCN(C(=O)c2cc3ccccc3[nH]2)CC1. The number of aryl methyl sites for hydroxylation is 1. The van der Waals surface area contributed by atoms with Gasteiger partial charge in [-0.25, -0.2) is 0 Å². The van der Waals surface area contributed by atoms with Crippen LogP contribution in [0.4, 0.5) is 5.69 Å². The third-order valence-corrected chi connectivity index (χ3v) is 5.46. The minimum Gasteiger partial charge on any atom is -0.351 e. The second kappa shape index (κ2) is 8.49. The standard InChI is InChI=1S/C23H26N4O2/c1-2-17-7-3-5-9-19(17)25-22(28)16-26-11-13-27(14-12-26)23(29)21-15-18-8-4-6-10-20(18)24-21/h3-10,15,24H,2,11-14,16H2,1H3,(H,25,28). The van der Waals surface area contributed by atoms with Crippen LogP contribution in [0.5, 0.6) is 0 Å². The third-order valence-electron chi connectivity index (χ3n) is 5.46. The Kier molecular flexibility index (Phi) is 5.62. The van der Waals surface area contributed by atoms with Crippen molar-refractivity contribution in [3.05, 3.63) is 65.9 Å². The quantitative estimate of drug-likeness (QED) is 0.703. The number of amides is 2. The van der Waals surface area contributed by atoms with Gasteiger partial charge in [0.25, 0.3) is 5.91 Å². The van der Waals surface area contributed by atoms with Crippen LogP contribution in [0.25, 0.3) is 10.9 Å². The van der Waals surface area contributed by atoms with Gasteiger partial charge in [0.15, 0.2) is 0 Å². The van der Waals surface area contributed by atoms with Gasteiger partial charge in [-0.3, -0.25) is 14.5 Å². The number of piperazine rings is 1. The van der Waals surface area contributed by atoms with Gasteiger partial charge >= 0.3 is 0 Å². The number of nitrogens with one attached hydrogen (secondary N) is 2. The fourth-order valence-corrected chi connectivity index (χ4v) is 3.81. The van der Waals surface area contributed by atoms with Crippen molar-refractivity contribution >= 4 is 28.4 Å². The summed E-state index contributed by atoms with van der Waals surface area (Å²) in [6.45, 7) is 5.03. The molecule has 0 aliphatic carbocycles. The van der Waals surface area contributed by atoms with Gasteiger partial charge in [0, 0.05) is 42.8 Å². The van der Waals surface area contributed by atoms with Crippen LogP contribution in [-0.4, -0.2) is 59.3 Å². The van der Waals surface area contributed by atoms with E-state index in [4.69, 9.17) is 0 Å². The Labute approximate surface area is 170 Å². The summed E-state index contributed by atoms with van der Waals surface area (Å²) in [6.07, 6.45) is 0.880. The molecule has 6 heteroatoms. The molecule has 1 saturated heterocycles. The predicted octanol–water partition coefficient (Wildman–Crippen LogP) is 3.13. The van der Waals surface area contributed by atoms with Crippen molar-refractivity contribution in [2.24, 2.45) is 0 Å². The Balaban J connectivity index is 1.31. The van der Waals surface area contributed by atoms with Crippen molar-refractivity contribution in [2.45, 2.75) is 13.3 Å². The molecule has 1 fully saturated rings. The lowest BCUT2D eigenvalue weighted by molar-refractivity contribution is -0.117. The maximum absolute atomic E-state index is 12.8. The Bertz CT molecular complexity index is 985. The molecule has 0 atom stereocenters. The summed E-state index contributed by atoms with van der Waals surface area (Å²) >= 11 is 0. The maximum Gasteiger partial charge on any atom is 0.270 e. The second-order valence-corrected chi connectivity index (χ2v) is 7.40. The highest BCUT2D eigenvalue weighted by atomic mass is 16.2. The van der Waals surface area contributed by atoms with Crippen LogP contribution in [0, 0.1) is 0 Å². The number of hydrogen-bond donors (Lipinski definition) is 2. The molecule has 0 saturated carbocycles. The number of fused-ring (bicyclic) bond motifs is 1. The van der Waals surface area contributed by atoms with Crippen molar-refractivity contribution in [3.63, 3.8) is 0 Å². The zero-order valence-corrected chi connectivity index (χ0v) is 16.6. The van der Waals surface area contributed by atoms with Crippen LogP contribution in [0.15, 0.2) is 54.6 Å². The normalized spacial score (nSPS) is 14.9. The van der Waals surface area contributed by atoms with Gasteiger partial charge in [-0.2, -0.15) is 0 Å². The number of H-pyrrole nitrogens is 1. The van der Waals surface area contributed by atoms with E-state index in [9.17, 15) is 9.59 Å². The Morgan fingerprint density at radius 1 is 1.00 bits per heavy atom. The van der Waals surface area contributed by atoms with Crippen LogP contribution >= 0.6 is 0 Å². The van der Waals surface area contributed by atoms with E-state index in [1.807, 2.05) is 59.5 Å². The van der Waals surface area contributed by atoms with Crippen molar-refractivity contribution < 1.29 is 9.59 Å². The van der Waals surface area contributed by atoms with E-state index in [0.717, 1.165) is 28.6 Å². The molecule has 6 nitrogen and oxygen atoms in total. The first-order valence-electron chi connectivity index (χ1n) is 10.1. The van der Waals surface area contributed by atoms with Gasteiger partial charge in [0.05, 0.1) is 6.54 Å². The van der Waals surface area contributed by atoms with Crippen LogP contribution in [0.1, 0.15) is 23.0 Å². The second-order valence-electron chi connectivity index (χ2n) is 7.40. The van der Waals surface area contributed by atoms with E-state index in [1.54, 1.807) is 0 Å². The average Bonchev–Trinajstić information content (AvgIpc) is 3.18. The van der Waals surface area contributed by atoms with E-state index >= 15 is 0 Å². The lowest BCUT2D eigenvalue weighted by Gasteiger charge is -2.34. The van der Waals surface area contributed by atoms with E-state index in [1.165, 1.54) is 0 Å². The highest BCUT2D eigenvalue weighted by Gasteiger charge is 2.24. The number of benzene rings is 2. The molecule has 150 valence electrons. The summed E-state index contributed by atoms with van der Waals surface area (Å²) in [4.78, 5) is 32.4. The van der Waals surface area contributed by atoms with Gasteiger partial charge in [0.2, 0.25) is 5.91 Å². The minimum atomic E-state index is -0.0127. The summed E-state index contributed by atoms with van der Waals surface area (Å²) in [6, 6.07) is 17.7. The molecular weight excluding hydrogens is 364 g/mol. The van der Waals surface area contributed by atoms with Crippen LogP contribution in [-0.2, 0) is 11.2 Å². The number of anilines is 1. The number of carbonyl (C=O) groups excluding carboxylic acids is 2. The monoisotopic (exact) mass is 390 g/mol. The zero-order valence-electron chi connectivity index (χ0n) is 16.6. The molecule has 4 rings (SSSR count). The molecule has 2 heterocycles. The fraction of sp³-hybridized carbons (Fsp3) is 0.304. The lowest BCUT2D eigenvalue weighted by atomic mass is 10.1. The molecule has 0 bridgehead atoms. The first-order chi connectivity index (χ1) is 14.1. The summed E-state index contributed by atoms with van der Waals surface area (Å²) in [5.74, 6) is 0.00321. The summed E-state index contributed by atoms with van der Waals surface area (Å²) in [5.41, 5.74) is 3.61. The molecule has 2 N–H and O–H groups in total. The van der Waals surface area contributed by atoms with E-state index in [0.29, 0.717) is 38.4 Å². The van der Waals surface area contributed by atoms with E-state index in [-0.39, 0.29) is 11.8 Å². The third kappa shape index (κ3) is 4.32. The molecule has 0 unspecified atom stereocenters. The molecule has 29 heavy (non-hydrogen) atoms. The van der Waals surface area contributed by atoms with E-state index < -0.39 is 0 Å². The van der Waals surface area contributed by atoms with Gasteiger partial charge in [0.1, 0.15) is 5.69 Å². The predicted molar refractivity (Wildman–Crippen MR) is 115 cm³/mol. The maximum atomic E-state index is 12.8.